The monoisotopic (exact) mass is 334 g/mol. The molecule has 1 aromatic carbocycles. The van der Waals surface area contributed by atoms with E-state index in [9.17, 15) is 14.7 Å². The zero-order chi connectivity index (χ0) is 17.9. The van der Waals surface area contributed by atoms with Crippen LogP contribution in [-0.2, 0) is 14.3 Å². The Labute approximate surface area is 142 Å². The van der Waals surface area contributed by atoms with Crippen LogP contribution in [0.4, 0.5) is 5.69 Å². The summed E-state index contributed by atoms with van der Waals surface area (Å²) in [4.78, 5) is 25.2. The largest absolute Gasteiger partial charge is 0.394 e. The van der Waals surface area contributed by atoms with E-state index in [0.29, 0.717) is 12.1 Å². The molecule has 0 radical (unpaired) electrons. The topological polar surface area (TPSA) is 78.9 Å². The number of benzene rings is 1. The lowest BCUT2D eigenvalue weighted by molar-refractivity contribution is -0.157. The molecule has 132 valence electrons. The molecule has 0 aliphatic carbocycles. The highest BCUT2D eigenvalue weighted by Crippen LogP contribution is 2.29. The molecular weight excluding hydrogens is 308 g/mol. The molecule has 0 spiro atoms. The summed E-state index contributed by atoms with van der Waals surface area (Å²) < 4.78 is 5.60. The van der Waals surface area contributed by atoms with Crippen molar-refractivity contribution in [1.82, 2.24) is 4.90 Å². The van der Waals surface area contributed by atoms with Gasteiger partial charge in [-0.05, 0) is 23.1 Å². The van der Waals surface area contributed by atoms with E-state index in [-0.39, 0.29) is 36.5 Å². The second-order valence-electron chi connectivity index (χ2n) is 7.39. The molecule has 0 aromatic heterocycles. The van der Waals surface area contributed by atoms with Gasteiger partial charge in [-0.25, -0.2) is 0 Å². The maximum atomic E-state index is 12.0. The fourth-order valence-electron chi connectivity index (χ4n) is 2.74. The first-order valence-corrected chi connectivity index (χ1v) is 8.09. The van der Waals surface area contributed by atoms with Gasteiger partial charge in [0.05, 0.1) is 12.6 Å². The Bertz CT molecular complexity index is 592. The van der Waals surface area contributed by atoms with Crippen LogP contribution >= 0.6 is 0 Å². The summed E-state index contributed by atoms with van der Waals surface area (Å²) in [6, 6.07) is 6.91. The van der Waals surface area contributed by atoms with E-state index >= 15 is 0 Å². The van der Waals surface area contributed by atoms with Crippen molar-refractivity contribution in [2.24, 2.45) is 5.41 Å². The molecule has 0 unspecified atom stereocenters. The van der Waals surface area contributed by atoms with Crippen LogP contribution in [0.15, 0.2) is 24.3 Å². The van der Waals surface area contributed by atoms with Gasteiger partial charge >= 0.3 is 0 Å². The zero-order valence-corrected chi connectivity index (χ0v) is 14.7. The highest BCUT2D eigenvalue weighted by molar-refractivity contribution is 5.91. The van der Waals surface area contributed by atoms with E-state index < -0.39 is 6.04 Å². The van der Waals surface area contributed by atoms with Crippen molar-refractivity contribution in [3.05, 3.63) is 29.8 Å². The Morgan fingerprint density at radius 2 is 1.96 bits per heavy atom. The maximum absolute atomic E-state index is 12.0. The van der Waals surface area contributed by atoms with Gasteiger partial charge in [0.15, 0.2) is 0 Å². The summed E-state index contributed by atoms with van der Waals surface area (Å²) in [5.41, 5.74) is 1.52. The van der Waals surface area contributed by atoms with Gasteiger partial charge in [-0.2, -0.15) is 0 Å². The zero-order valence-electron chi connectivity index (χ0n) is 14.7. The number of morpholine rings is 1. The predicted molar refractivity (Wildman–Crippen MR) is 91.5 cm³/mol. The normalized spacial score (nSPS) is 21.7. The number of nitrogens with one attached hydrogen (secondary N) is 1. The van der Waals surface area contributed by atoms with Gasteiger partial charge in [-0.3, -0.25) is 9.59 Å². The highest BCUT2D eigenvalue weighted by atomic mass is 16.5. The first kappa shape index (κ1) is 18.4. The van der Waals surface area contributed by atoms with Crippen LogP contribution in [-0.4, -0.2) is 48.1 Å². The van der Waals surface area contributed by atoms with Crippen molar-refractivity contribution in [3.8, 4) is 0 Å². The van der Waals surface area contributed by atoms with E-state index in [1.54, 1.807) is 7.05 Å². The molecule has 1 aromatic rings. The smallest absolute Gasteiger partial charge is 0.248 e. The van der Waals surface area contributed by atoms with E-state index in [1.807, 2.05) is 45.0 Å². The predicted octanol–water partition coefficient (Wildman–Crippen LogP) is 1.95. The second kappa shape index (κ2) is 7.32. The number of carbonyl (C=O) groups is 2. The number of hydrogen-bond donors (Lipinski definition) is 2. The van der Waals surface area contributed by atoms with Gasteiger partial charge in [-0.15, -0.1) is 0 Å². The Hall–Kier alpha value is -1.92. The number of nitrogens with zero attached hydrogens (tertiary/aromatic N) is 1. The van der Waals surface area contributed by atoms with E-state index in [4.69, 9.17) is 4.74 Å². The number of anilines is 1. The summed E-state index contributed by atoms with van der Waals surface area (Å²) in [6.45, 7) is 5.88. The quantitative estimate of drug-likeness (QED) is 0.882. The molecule has 24 heavy (non-hydrogen) atoms. The van der Waals surface area contributed by atoms with E-state index in [1.165, 1.54) is 4.90 Å². The van der Waals surface area contributed by atoms with Crippen LogP contribution in [0.2, 0.25) is 0 Å². The van der Waals surface area contributed by atoms with Gasteiger partial charge < -0.3 is 20.1 Å². The fraction of sp³-hybridized carbons (Fsp3) is 0.556. The molecule has 1 aliphatic rings. The minimum Gasteiger partial charge on any atom is -0.394 e. The van der Waals surface area contributed by atoms with Gasteiger partial charge in [-0.1, -0.05) is 32.9 Å². The average molecular weight is 334 g/mol. The van der Waals surface area contributed by atoms with Gasteiger partial charge in [0.2, 0.25) is 11.8 Å². The number of carbonyl (C=O) groups excluding carboxylic acids is 2. The molecule has 1 fully saturated rings. The number of aliphatic hydroxyl groups excluding tert-OH is 1. The molecule has 1 heterocycles. The molecular formula is C18H26N2O4. The van der Waals surface area contributed by atoms with Crippen LogP contribution in [0.3, 0.4) is 0 Å². The van der Waals surface area contributed by atoms with Gasteiger partial charge in [0, 0.05) is 19.2 Å². The average Bonchev–Trinajstić information content (AvgIpc) is 2.49. The van der Waals surface area contributed by atoms with Crippen molar-refractivity contribution in [1.29, 1.82) is 0 Å². The van der Waals surface area contributed by atoms with Crippen LogP contribution < -0.4 is 5.32 Å². The summed E-state index contributed by atoms with van der Waals surface area (Å²) in [6.07, 6.45) is 0.0667. The number of hydrogen-bond acceptors (Lipinski definition) is 4. The SMILES string of the molecule is CN1C(=O)CO[C@H](c2ccc(NC(=O)CC(C)(C)C)cc2)[C@H]1CO. The Morgan fingerprint density at radius 3 is 2.50 bits per heavy atom. The molecule has 1 aliphatic heterocycles. The molecule has 6 nitrogen and oxygen atoms in total. The summed E-state index contributed by atoms with van der Waals surface area (Å²) in [7, 11) is 1.67. The fourth-order valence-corrected chi connectivity index (χ4v) is 2.74. The Balaban J connectivity index is 2.06. The molecule has 0 saturated carbocycles. The maximum Gasteiger partial charge on any atom is 0.248 e. The minimum absolute atomic E-state index is 0.00172. The van der Waals surface area contributed by atoms with Crippen LogP contribution in [0.5, 0.6) is 0 Å². The third kappa shape index (κ3) is 4.55. The van der Waals surface area contributed by atoms with E-state index in [2.05, 4.69) is 5.32 Å². The molecule has 1 saturated heterocycles. The van der Waals surface area contributed by atoms with Crippen molar-refractivity contribution in [2.75, 3.05) is 25.6 Å². The third-order valence-corrected chi connectivity index (χ3v) is 4.03. The van der Waals surface area contributed by atoms with Crippen molar-refractivity contribution in [2.45, 2.75) is 39.3 Å². The standard InChI is InChI=1S/C18H26N2O4/c1-18(2,3)9-15(22)19-13-7-5-12(6-8-13)17-14(10-21)20(4)16(23)11-24-17/h5-8,14,17,21H,9-11H2,1-4H3,(H,19,22)/t14-,17-/m1/s1. The molecule has 2 N–H and O–H groups in total. The molecule has 0 bridgehead atoms. The lowest BCUT2D eigenvalue weighted by atomic mass is 9.92. The molecule has 2 atom stereocenters. The van der Waals surface area contributed by atoms with Crippen LogP contribution in [0.1, 0.15) is 38.9 Å². The van der Waals surface area contributed by atoms with Crippen molar-refractivity contribution in [3.63, 3.8) is 0 Å². The van der Waals surface area contributed by atoms with Gasteiger partial charge in [0.25, 0.3) is 0 Å². The minimum atomic E-state index is -0.410. The lowest BCUT2D eigenvalue weighted by Crippen LogP contribution is -2.50. The van der Waals surface area contributed by atoms with Crippen LogP contribution in [0, 0.1) is 5.41 Å². The number of likely N-dealkylation sites (N-methyl/N-ethyl adjacent to an activating group) is 1. The van der Waals surface area contributed by atoms with Crippen LogP contribution in [0.25, 0.3) is 0 Å². The van der Waals surface area contributed by atoms with Crippen molar-refractivity contribution >= 4 is 17.5 Å². The molecule has 2 rings (SSSR count). The third-order valence-electron chi connectivity index (χ3n) is 4.03. The highest BCUT2D eigenvalue weighted by Gasteiger charge is 2.34. The van der Waals surface area contributed by atoms with Gasteiger partial charge in [0.1, 0.15) is 12.7 Å². The summed E-state index contributed by atoms with van der Waals surface area (Å²) in [5, 5.41) is 12.4. The number of amides is 2. The number of rotatable bonds is 4. The Morgan fingerprint density at radius 1 is 1.33 bits per heavy atom. The molecule has 6 heteroatoms. The first-order valence-electron chi connectivity index (χ1n) is 8.09. The summed E-state index contributed by atoms with van der Waals surface area (Å²) >= 11 is 0. The lowest BCUT2D eigenvalue weighted by Gasteiger charge is -2.38. The second-order valence-corrected chi connectivity index (χ2v) is 7.39. The number of ether oxygens (including phenoxy) is 1. The molecule has 2 amide bonds. The van der Waals surface area contributed by atoms with E-state index in [0.717, 1.165) is 5.56 Å². The first-order chi connectivity index (χ1) is 11.2. The Kier molecular flexibility index (Phi) is 5.62. The summed E-state index contributed by atoms with van der Waals surface area (Å²) in [5.74, 6) is -0.168. The van der Waals surface area contributed by atoms with Crippen molar-refractivity contribution < 1.29 is 19.4 Å². The number of aliphatic hydroxyl groups is 1.